The highest BCUT2D eigenvalue weighted by Gasteiger charge is 2.20. The molecule has 4 aromatic rings. The Kier molecular flexibility index (Phi) is 7.27. The summed E-state index contributed by atoms with van der Waals surface area (Å²) in [6.07, 6.45) is 6.24. The summed E-state index contributed by atoms with van der Waals surface area (Å²) in [6.45, 7) is 7.66. The molecule has 8 nitrogen and oxygen atoms in total. The number of para-hydroxylation sites is 1. The Balaban J connectivity index is 1.25. The SMILES string of the molecule is C=C(Nc1nc2ccc(CCCN3CCCC3)cc2[nH]1)c1nc[nH]c1C(=O)Nc1c(Cl)cccc1Cl. The standard InChI is InChI=1S/C26H27Cl2N7O/c1-16(22-24(30-15-29-22)25(36)34-23-18(27)7-4-8-19(23)28)31-26-32-20-10-9-17(14-21(20)33-26)6-5-13-35-11-2-3-12-35/h4,7-10,14-15H,1-3,5-6,11-13H2,(H,29,30)(H,34,36)(H2,31,32,33). The number of anilines is 2. The van der Waals surface area contributed by atoms with Crippen molar-refractivity contribution in [1.29, 1.82) is 0 Å². The van der Waals surface area contributed by atoms with Crippen molar-refractivity contribution in [3.8, 4) is 0 Å². The Morgan fingerprint density at radius 2 is 1.89 bits per heavy atom. The Bertz CT molecular complexity index is 1380. The van der Waals surface area contributed by atoms with E-state index in [1.54, 1.807) is 18.2 Å². The average Bonchev–Trinajstić information content (AvgIpc) is 3.62. The van der Waals surface area contributed by atoms with Crippen molar-refractivity contribution in [2.75, 3.05) is 30.3 Å². The lowest BCUT2D eigenvalue weighted by Crippen LogP contribution is -2.20. The zero-order chi connectivity index (χ0) is 25.1. The van der Waals surface area contributed by atoms with Crippen molar-refractivity contribution in [2.24, 2.45) is 0 Å². The van der Waals surface area contributed by atoms with Crippen LogP contribution in [0.2, 0.25) is 10.0 Å². The van der Waals surface area contributed by atoms with Crippen molar-refractivity contribution < 1.29 is 4.79 Å². The molecular weight excluding hydrogens is 497 g/mol. The molecule has 4 N–H and O–H groups in total. The number of amides is 1. The van der Waals surface area contributed by atoms with Crippen LogP contribution in [0, 0.1) is 0 Å². The molecule has 1 aliphatic heterocycles. The monoisotopic (exact) mass is 523 g/mol. The lowest BCUT2D eigenvalue weighted by Gasteiger charge is -2.13. The molecule has 1 aliphatic rings. The van der Waals surface area contributed by atoms with Crippen LogP contribution < -0.4 is 10.6 Å². The van der Waals surface area contributed by atoms with Crippen LogP contribution in [0.1, 0.15) is 41.0 Å². The van der Waals surface area contributed by atoms with Crippen LogP contribution in [0.3, 0.4) is 0 Å². The number of aryl methyl sites for hydroxylation is 1. The predicted octanol–water partition coefficient (Wildman–Crippen LogP) is 5.96. The van der Waals surface area contributed by atoms with Crippen molar-refractivity contribution in [3.05, 3.63) is 76.3 Å². The third-order valence-corrected chi connectivity index (χ3v) is 6.94. The van der Waals surface area contributed by atoms with Gasteiger partial charge in [0.1, 0.15) is 11.4 Å². The van der Waals surface area contributed by atoms with Gasteiger partial charge in [-0.05, 0) is 75.1 Å². The number of aromatic amines is 2. The smallest absolute Gasteiger partial charge is 0.274 e. The first-order valence-electron chi connectivity index (χ1n) is 11.9. The van der Waals surface area contributed by atoms with Gasteiger partial charge in [0, 0.05) is 0 Å². The minimum Gasteiger partial charge on any atom is -0.340 e. The number of aromatic nitrogens is 4. The summed E-state index contributed by atoms with van der Waals surface area (Å²) in [5.74, 6) is 0.0800. The molecule has 0 aliphatic carbocycles. The Labute approximate surface area is 219 Å². The fourth-order valence-corrected chi connectivity index (χ4v) is 4.97. The van der Waals surface area contributed by atoms with Gasteiger partial charge in [-0.3, -0.25) is 4.79 Å². The van der Waals surface area contributed by atoms with Crippen LogP contribution in [-0.4, -0.2) is 50.4 Å². The van der Waals surface area contributed by atoms with Crippen molar-refractivity contribution in [2.45, 2.75) is 25.7 Å². The molecule has 3 heterocycles. The maximum atomic E-state index is 12.9. The maximum Gasteiger partial charge on any atom is 0.274 e. The number of carbonyl (C=O) groups is 1. The number of likely N-dealkylation sites (tertiary alicyclic amines) is 1. The Morgan fingerprint density at radius 1 is 1.11 bits per heavy atom. The zero-order valence-electron chi connectivity index (χ0n) is 19.7. The number of hydrogen-bond donors (Lipinski definition) is 4. The lowest BCUT2D eigenvalue weighted by atomic mass is 10.1. The summed E-state index contributed by atoms with van der Waals surface area (Å²) in [5, 5.41) is 6.54. The van der Waals surface area contributed by atoms with Gasteiger partial charge in [0.25, 0.3) is 5.91 Å². The fourth-order valence-electron chi connectivity index (χ4n) is 4.48. The molecular formula is C26H27Cl2N7O. The van der Waals surface area contributed by atoms with Gasteiger partial charge < -0.3 is 25.5 Å². The van der Waals surface area contributed by atoms with E-state index in [1.807, 2.05) is 6.07 Å². The molecule has 2 aromatic heterocycles. The third kappa shape index (κ3) is 5.41. The van der Waals surface area contributed by atoms with Gasteiger partial charge in [-0.2, -0.15) is 0 Å². The van der Waals surface area contributed by atoms with E-state index >= 15 is 0 Å². The predicted molar refractivity (Wildman–Crippen MR) is 146 cm³/mol. The van der Waals surface area contributed by atoms with E-state index in [9.17, 15) is 4.79 Å². The summed E-state index contributed by atoms with van der Waals surface area (Å²) in [6, 6.07) is 11.3. The number of H-pyrrole nitrogens is 2. The van der Waals surface area contributed by atoms with Crippen LogP contribution in [0.25, 0.3) is 16.7 Å². The number of nitrogens with one attached hydrogen (secondary N) is 4. The molecule has 1 saturated heterocycles. The number of imidazole rings is 2. The molecule has 0 saturated carbocycles. The first-order chi connectivity index (χ1) is 17.5. The minimum absolute atomic E-state index is 0.222. The van der Waals surface area contributed by atoms with Crippen molar-refractivity contribution in [1.82, 2.24) is 24.8 Å². The number of hydrogen-bond acceptors (Lipinski definition) is 5. The molecule has 36 heavy (non-hydrogen) atoms. The first kappa shape index (κ1) is 24.4. The highest BCUT2D eigenvalue weighted by Crippen LogP contribution is 2.30. The molecule has 0 atom stereocenters. The summed E-state index contributed by atoms with van der Waals surface area (Å²) in [5.41, 5.74) is 4.40. The fraction of sp³-hybridized carbons (Fsp3) is 0.269. The van der Waals surface area contributed by atoms with E-state index in [1.165, 1.54) is 37.8 Å². The maximum absolute atomic E-state index is 12.9. The minimum atomic E-state index is -0.441. The number of carbonyl (C=O) groups excluding carboxylic acids is 1. The summed E-state index contributed by atoms with van der Waals surface area (Å²) in [7, 11) is 0. The number of benzene rings is 2. The topological polar surface area (TPSA) is 102 Å². The van der Waals surface area contributed by atoms with Crippen molar-refractivity contribution >= 4 is 57.5 Å². The van der Waals surface area contributed by atoms with Crippen LogP contribution in [-0.2, 0) is 6.42 Å². The molecule has 1 fully saturated rings. The second-order valence-electron chi connectivity index (χ2n) is 8.87. The third-order valence-electron chi connectivity index (χ3n) is 6.31. The first-order valence-corrected chi connectivity index (χ1v) is 12.7. The van der Waals surface area contributed by atoms with Gasteiger partial charge in [-0.1, -0.05) is 41.9 Å². The van der Waals surface area contributed by atoms with E-state index in [2.05, 4.69) is 54.2 Å². The van der Waals surface area contributed by atoms with Gasteiger partial charge in [0.15, 0.2) is 0 Å². The molecule has 0 bridgehead atoms. The summed E-state index contributed by atoms with van der Waals surface area (Å²) in [4.78, 5) is 30.5. The molecule has 2 aromatic carbocycles. The van der Waals surface area contributed by atoms with E-state index in [-0.39, 0.29) is 5.69 Å². The highest BCUT2D eigenvalue weighted by molar-refractivity contribution is 6.40. The van der Waals surface area contributed by atoms with Crippen LogP contribution in [0.5, 0.6) is 0 Å². The number of nitrogens with zero attached hydrogens (tertiary/aromatic N) is 3. The van der Waals surface area contributed by atoms with Gasteiger partial charge in [-0.25, -0.2) is 9.97 Å². The lowest BCUT2D eigenvalue weighted by molar-refractivity contribution is 0.102. The van der Waals surface area contributed by atoms with E-state index in [0.29, 0.717) is 33.1 Å². The van der Waals surface area contributed by atoms with Gasteiger partial charge >= 0.3 is 0 Å². The number of rotatable bonds is 9. The second-order valence-corrected chi connectivity index (χ2v) is 9.68. The summed E-state index contributed by atoms with van der Waals surface area (Å²) < 4.78 is 0. The van der Waals surface area contributed by atoms with Crippen LogP contribution in [0.15, 0.2) is 49.3 Å². The molecule has 5 rings (SSSR count). The largest absolute Gasteiger partial charge is 0.340 e. The Morgan fingerprint density at radius 3 is 2.67 bits per heavy atom. The molecule has 0 radical (unpaired) electrons. The second kappa shape index (κ2) is 10.7. The van der Waals surface area contributed by atoms with Gasteiger partial charge in [0.2, 0.25) is 5.95 Å². The zero-order valence-corrected chi connectivity index (χ0v) is 21.2. The highest BCUT2D eigenvalue weighted by atomic mass is 35.5. The number of fused-ring (bicyclic) bond motifs is 1. The molecule has 186 valence electrons. The average molecular weight is 524 g/mol. The van der Waals surface area contributed by atoms with E-state index in [0.717, 1.165) is 30.4 Å². The summed E-state index contributed by atoms with van der Waals surface area (Å²) >= 11 is 12.4. The van der Waals surface area contributed by atoms with Crippen LogP contribution >= 0.6 is 23.2 Å². The Hall–Kier alpha value is -3.33. The molecule has 10 heteroatoms. The van der Waals surface area contributed by atoms with E-state index in [4.69, 9.17) is 23.2 Å². The van der Waals surface area contributed by atoms with Gasteiger partial charge in [-0.15, -0.1) is 0 Å². The molecule has 0 spiro atoms. The molecule has 1 amide bonds. The van der Waals surface area contributed by atoms with Gasteiger partial charge in [0.05, 0.1) is 38.8 Å². The van der Waals surface area contributed by atoms with E-state index < -0.39 is 5.91 Å². The number of halogens is 2. The molecule has 0 unspecified atom stereocenters. The normalized spacial score (nSPS) is 13.8. The quantitative estimate of drug-likeness (QED) is 0.217. The van der Waals surface area contributed by atoms with Crippen LogP contribution in [0.4, 0.5) is 11.6 Å². The van der Waals surface area contributed by atoms with Crippen molar-refractivity contribution in [3.63, 3.8) is 0 Å².